The predicted molar refractivity (Wildman–Crippen MR) is 125 cm³/mol. The molecule has 164 valence electrons. The van der Waals surface area contributed by atoms with E-state index in [1.807, 2.05) is 36.2 Å². The van der Waals surface area contributed by atoms with E-state index in [9.17, 15) is 4.79 Å². The largest absolute Gasteiger partial charge is 0.479 e. The number of hydrogen-bond acceptors (Lipinski definition) is 6. The number of carboxylic acids is 1. The summed E-state index contributed by atoms with van der Waals surface area (Å²) in [7, 11) is 1.87. The van der Waals surface area contributed by atoms with Crippen molar-refractivity contribution in [1.29, 1.82) is 0 Å². The number of pyridine rings is 1. The van der Waals surface area contributed by atoms with Gasteiger partial charge < -0.3 is 20.0 Å². The number of aliphatic carboxylic acids is 1. The molecule has 0 radical (unpaired) electrons. The average Bonchev–Trinajstić information content (AvgIpc) is 2.74. The number of ether oxygens (including phenoxy) is 1. The molecule has 1 atom stereocenters. The molecule has 3 rings (SSSR count). The lowest BCUT2D eigenvalue weighted by Crippen LogP contribution is -2.22. The molecule has 2 N–H and O–H groups in total. The maximum atomic E-state index is 10.9. The first-order valence-corrected chi connectivity index (χ1v) is 10.0. The van der Waals surface area contributed by atoms with Crippen LogP contribution in [0.4, 0.5) is 11.5 Å². The van der Waals surface area contributed by atoms with Crippen molar-refractivity contribution in [2.24, 2.45) is 5.16 Å². The van der Waals surface area contributed by atoms with Crippen LogP contribution >= 0.6 is 23.2 Å². The van der Waals surface area contributed by atoms with Crippen molar-refractivity contribution >= 4 is 57.2 Å². The summed E-state index contributed by atoms with van der Waals surface area (Å²) in [5.74, 6) is 0.148. The first-order chi connectivity index (χ1) is 14.6. The number of nitrogens with zero attached hydrogens (tertiary/aromatic N) is 3. The summed E-state index contributed by atoms with van der Waals surface area (Å²) in [5.41, 5.74) is 1.54. The van der Waals surface area contributed by atoms with Crippen molar-refractivity contribution in [2.45, 2.75) is 26.9 Å². The molecule has 1 aromatic heterocycles. The number of anilines is 2. The molecular formula is C22H23Cl2N3O4. The van der Waals surface area contributed by atoms with E-state index in [0.717, 1.165) is 16.5 Å². The van der Waals surface area contributed by atoms with Crippen LogP contribution in [0.5, 0.6) is 5.75 Å². The van der Waals surface area contributed by atoms with Gasteiger partial charge in [0.15, 0.2) is 6.10 Å². The molecule has 0 amide bonds. The van der Waals surface area contributed by atoms with Crippen molar-refractivity contribution in [3.05, 3.63) is 58.7 Å². The Labute approximate surface area is 190 Å². The number of fused-ring (bicyclic) bond motifs is 1. The summed E-state index contributed by atoms with van der Waals surface area (Å²) >= 11 is 12.3. The van der Waals surface area contributed by atoms with Crippen LogP contribution in [0.25, 0.3) is 10.8 Å². The molecule has 0 bridgehead atoms. The van der Waals surface area contributed by atoms with Gasteiger partial charge in [0.25, 0.3) is 0 Å². The lowest BCUT2D eigenvalue weighted by molar-refractivity contribution is -0.144. The minimum Gasteiger partial charge on any atom is -0.479 e. The lowest BCUT2D eigenvalue weighted by atomic mass is 10.1. The lowest BCUT2D eigenvalue weighted by Gasteiger charge is -2.20. The smallest absolute Gasteiger partial charge is 0.344 e. The summed E-state index contributed by atoms with van der Waals surface area (Å²) in [6.45, 7) is 4.93. The number of carbonyl (C=O) groups is 1. The fraction of sp³-hybridized carbons (Fsp3) is 0.227. The van der Waals surface area contributed by atoms with Crippen LogP contribution in [-0.2, 0) is 4.79 Å². The Bertz CT molecular complexity index is 1080. The van der Waals surface area contributed by atoms with Crippen LogP contribution in [0.1, 0.15) is 20.8 Å². The molecule has 1 unspecified atom stereocenters. The molecular weight excluding hydrogens is 441 g/mol. The van der Waals surface area contributed by atoms with Crippen LogP contribution < -0.4 is 9.64 Å². The SMILES string of the molecule is CC(C)=NO.CC(Oc1ccc(N(C)c2cc3ccc(Cl)cc3c(Cl)n2)cc1)C(=O)O. The molecule has 31 heavy (non-hydrogen) atoms. The van der Waals surface area contributed by atoms with Crippen LogP contribution in [0.2, 0.25) is 10.2 Å². The Morgan fingerprint density at radius 3 is 2.29 bits per heavy atom. The normalized spacial score (nSPS) is 11.2. The highest BCUT2D eigenvalue weighted by atomic mass is 35.5. The number of benzene rings is 2. The van der Waals surface area contributed by atoms with Gasteiger partial charge in [-0.2, -0.15) is 0 Å². The number of halogens is 2. The van der Waals surface area contributed by atoms with Gasteiger partial charge in [0.1, 0.15) is 16.7 Å². The number of hydrogen-bond donors (Lipinski definition) is 2. The van der Waals surface area contributed by atoms with Crippen molar-refractivity contribution in [2.75, 3.05) is 11.9 Å². The number of rotatable bonds is 5. The van der Waals surface area contributed by atoms with Crippen molar-refractivity contribution in [3.63, 3.8) is 0 Å². The van der Waals surface area contributed by atoms with Crippen molar-refractivity contribution in [3.8, 4) is 5.75 Å². The Morgan fingerprint density at radius 1 is 1.13 bits per heavy atom. The van der Waals surface area contributed by atoms with Gasteiger partial charge in [0.05, 0.1) is 5.71 Å². The second-order valence-electron chi connectivity index (χ2n) is 6.84. The maximum absolute atomic E-state index is 10.9. The zero-order valence-corrected chi connectivity index (χ0v) is 19.0. The Balaban J connectivity index is 0.000000614. The molecule has 0 spiro atoms. The monoisotopic (exact) mass is 463 g/mol. The number of aromatic nitrogens is 1. The molecule has 9 heteroatoms. The fourth-order valence-corrected chi connectivity index (χ4v) is 2.89. The topological polar surface area (TPSA) is 95.3 Å². The van der Waals surface area contributed by atoms with Gasteiger partial charge in [0, 0.05) is 23.1 Å². The second kappa shape index (κ2) is 10.8. The van der Waals surface area contributed by atoms with Gasteiger partial charge in [-0.25, -0.2) is 9.78 Å². The van der Waals surface area contributed by atoms with E-state index in [0.29, 0.717) is 27.5 Å². The van der Waals surface area contributed by atoms with Crippen molar-refractivity contribution < 1.29 is 19.8 Å². The first kappa shape index (κ1) is 24.2. The van der Waals surface area contributed by atoms with Gasteiger partial charge in [0.2, 0.25) is 0 Å². The molecule has 0 aliphatic heterocycles. The third kappa shape index (κ3) is 6.73. The molecule has 0 aliphatic rings. The Morgan fingerprint density at radius 2 is 1.74 bits per heavy atom. The molecule has 1 heterocycles. The molecule has 2 aromatic carbocycles. The number of carboxylic acid groups (broad SMARTS) is 1. The van der Waals surface area contributed by atoms with E-state index < -0.39 is 12.1 Å². The van der Waals surface area contributed by atoms with E-state index in [-0.39, 0.29) is 0 Å². The molecule has 0 saturated carbocycles. The van der Waals surface area contributed by atoms with E-state index in [1.54, 1.807) is 38.1 Å². The van der Waals surface area contributed by atoms with E-state index in [1.165, 1.54) is 6.92 Å². The summed E-state index contributed by atoms with van der Waals surface area (Å²) in [4.78, 5) is 17.2. The first-order valence-electron chi connectivity index (χ1n) is 9.26. The van der Waals surface area contributed by atoms with Crippen LogP contribution in [0.15, 0.2) is 53.7 Å². The zero-order chi connectivity index (χ0) is 23.1. The highest BCUT2D eigenvalue weighted by Crippen LogP contribution is 2.31. The number of oxime groups is 1. The minimum absolute atomic E-state index is 0.377. The summed E-state index contributed by atoms with van der Waals surface area (Å²) in [6.07, 6.45) is -0.911. The van der Waals surface area contributed by atoms with Gasteiger partial charge in [-0.1, -0.05) is 34.4 Å². The molecule has 0 saturated heterocycles. The van der Waals surface area contributed by atoms with E-state index in [4.69, 9.17) is 38.3 Å². The highest BCUT2D eigenvalue weighted by molar-refractivity contribution is 6.36. The minimum atomic E-state index is -1.01. The molecule has 7 nitrogen and oxygen atoms in total. The van der Waals surface area contributed by atoms with Crippen molar-refractivity contribution in [1.82, 2.24) is 4.98 Å². The van der Waals surface area contributed by atoms with Gasteiger partial charge in [-0.05, 0) is 68.6 Å². The third-order valence-electron chi connectivity index (χ3n) is 4.16. The van der Waals surface area contributed by atoms with Crippen LogP contribution in [0, 0.1) is 0 Å². The predicted octanol–water partition coefficient (Wildman–Crippen LogP) is 6.02. The average molecular weight is 464 g/mol. The van der Waals surface area contributed by atoms with E-state index >= 15 is 0 Å². The van der Waals surface area contributed by atoms with Crippen LogP contribution in [-0.4, -0.2) is 40.1 Å². The van der Waals surface area contributed by atoms with E-state index in [2.05, 4.69) is 10.1 Å². The standard InChI is InChI=1S/C19H16Cl2N2O3.C3H7NO/c1-11(19(24)25)26-15-7-5-14(6-8-15)23(2)17-9-12-3-4-13(20)10-16(12)18(21)22-17;1-3(2)4-5/h3-11H,1-2H3,(H,24,25);5H,1-2H3. The molecule has 0 aliphatic carbocycles. The summed E-state index contributed by atoms with van der Waals surface area (Å²) in [5, 5.41) is 22.2. The van der Waals surface area contributed by atoms with Gasteiger partial charge in [-0.15, -0.1) is 0 Å². The highest BCUT2D eigenvalue weighted by Gasteiger charge is 2.13. The van der Waals surface area contributed by atoms with Gasteiger partial charge in [-0.3, -0.25) is 0 Å². The third-order valence-corrected chi connectivity index (χ3v) is 4.69. The summed E-state index contributed by atoms with van der Waals surface area (Å²) in [6, 6.07) is 14.5. The zero-order valence-electron chi connectivity index (χ0n) is 17.5. The van der Waals surface area contributed by atoms with Crippen LogP contribution in [0.3, 0.4) is 0 Å². The molecule has 3 aromatic rings. The maximum Gasteiger partial charge on any atom is 0.344 e. The quantitative estimate of drug-likeness (QED) is 0.208. The Hall–Kier alpha value is -3.03. The fourth-order valence-electron chi connectivity index (χ4n) is 2.47. The second-order valence-corrected chi connectivity index (χ2v) is 7.63. The van der Waals surface area contributed by atoms with Gasteiger partial charge >= 0.3 is 5.97 Å². The molecule has 0 fully saturated rings. The Kier molecular flexibility index (Phi) is 8.47. The summed E-state index contributed by atoms with van der Waals surface area (Å²) < 4.78 is 5.34.